The number of benzene rings is 1. The predicted octanol–water partition coefficient (Wildman–Crippen LogP) is 4.14. The van der Waals surface area contributed by atoms with E-state index in [4.69, 9.17) is 0 Å². The first-order valence-electron chi connectivity index (χ1n) is 5.60. The molecule has 0 aliphatic rings. The zero-order valence-electron chi connectivity index (χ0n) is 10.4. The number of nitro groups is 1. The fourth-order valence-electron chi connectivity index (χ4n) is 1.60. The highest BCUT2D eigenvalue weighted by Crippen LogP contribution is 2.28. The lowest BCUT2D eigenvalue weighted by Crippen LogP contribution is -2.07. The van der Waals surface area contributed by atoms with Crippen LogP contribution in [0.2, 0.25) is 0 Å². The number of non-ortho nitro benzene ring substituents is 1. The number of aryl methyl sites for hydroxylation is 1. The number of aromatic nitrogens is 1. The highest BCUT2D eigenvalue weighted by Gasteiger charge is 2.13. The summed E-state index contributed by atoms with van der Waals surface area (Å²) in [5.41, 5.74) is 1.99. The highest BCUT2D eigenvalue weighted by molar-refractivity contribution is 14.1. The summed E-state index contributed by atoms with van der Waals surface area (Å²) in [6.07, 6.45) is 0. The van der Waals surface area contributed by atoms with Gasteiger partial charge in [0.1, 0.15) is 5.01 Å². The minimum absolute atomic E-state index is 0.0775. The number of anilines is 1. The van der Waals surface area contributed by atoms with Crippen molar-refractivity contribution in [1.82, 2.24) is 4.98 Å². The van der Waals surface area contributed by atoms with Gasteiger partial charge in [0, 0.05) is 32.5 Å². The summed E-state index contributed by atoms with van der Waals surface area (Å²) in [7, 11) is 0. The Hall–Kier alpha value is -1.22. The fraction of sp³-hybridized carbons (Fsp3) is 0.250. The van der Waals surface area contributed by atoms with Crippen molar-refractivity contribution in [2.75, 3.05) is 5.32 Å². The molecule has 1 N–H and O–H groups in total. The predicted molar refractivity (Wildman–Crippen MR) is 84.7 cm³/mol. The first kappa shape index (κ1) is 14.2. The van der Waals surface area contributed by atoms with Gasteiger partial charge in [-0.2, -0.15) is 0 Å². The molecule has 2 aromatic rings. The molecule has 19 heavy (non-hydrogen) atoms. The lowest BCUT2D eigenvalue weighted by Gasteiger charge is -2.14. The van der Waals surface area contributed by atoms with Crippen LogP contribution in [-0.4, -0.2) is 9.91 Å². The van der Waals surface area contributed by atoms with Crippen molar-refractivity contribution in [2.45, 2.75) is 19.9 Å². The van der Waals surface area contributed by atoms with Crippen molar-refractivity contribution in [2.24, 2.45) is 0 Å². The molecule has 1 aromatic heterocycles. The molecule has 2 rings (SSSR count). The minimum Gasteiger partial charge on any atom is -0.375 e. The van der Waals surface area contributed by atoms with Crippen molar-refractivity contribution in [3.63, 3.8) is 0 Å². The Morgan fingerprint density at radius 2 is 2.26 bits per heavy atom. The summed E-state index contributed by atoms with van der Waals surface area (Å²) in [4.78, 5) is 14.7. The fourth-order valence-corrected chi connectivity index (χ4v) is 3.06. The van der Waals surface area contributed by atoms with Gasteiger partial charge in [-0.25, -0.2) is 4.98 Å². The monoisotopic (exact) mass is 389 g/mol. The molecule has 0 aliphatic carbocycles. The molecule has 1 heterocycles. The Balaban J connectivity index is 2.17. The summed E-state index contributed by atoms with van der Waals surface area (Å²) < 4.78 is 0.826. The van der Waals surface area contributed by atoms with Gasteiger partial charge < -0.3 is 5.32 Å². The highest BCUT2D eigenvalue weighted by atomic mass is 127. The first-order chi connectivity index (χ1) is 8.97. The first-order valence-corrected chi connectivity index (χ1v) is 7.55. The number of hydrogen-bond acceptors (Lipinski definition) is 5. The van der Waals surface area contributed by atoms with E-state index in [1.165, 1.54) is 6.07 Å². The lowest BCUT2D eigenvalue weighted by atomic mass is 10.2. The van der Waals surface area contributed by atoms with E-state index in [0.29, 0.717) is 0 Å². The van der Waals surface area contributed by atoms with Crippen molar-refractivity contribution >= 4 is 45.3 Å². The third kappa shape index (κ3) is 3.41. The van der Waals surface area contributed by atoms with E-state index in [9.17, 15) is 10.1 Å². The van der Waals surface area contributed by atoms with Crippen molar-refractivity contribution in [3.8, 4) is 0 Å². The van der Waals surface area contributed by atoms with Crippen LogP contribution in [0, 0.1) is 20.6 Å². The summed E-state index contributed by atoms with van der Waals surface area (Å²) in [5, 5.41) is 17.0. The molecule has 7 heteroatoms. The van der Waals surface area contributed by atoms with Crippen LogP contribution in [0.25, 0.3) is 0 Å². The number of rotatable bonds is 4. The molecule has 1 unspecified atom stereocenters. The normalized spacial score (nSPS) is 12.2. The number of thiazole rings is 1. The van der Waals surface area contributed by atoms with Crippen molar-refractivity contribution in [3.05, 3.63) is 48.0 Å². The number of hydrogen-bond donors (Lipinski definition) is 1. The van der Waals surface area contributed by atoms with Gasteiger partial charge in [-0.05, 0) is 42.5 Å². The largest absolute Gasteiger partial charge is 0.375 e. The Morgan fingerprint density at radius 3 is 2.79 bits per heavy atom. The summed E-state index contributed by atoms with van der Waals surface area (Å²) in [6.45, 7) is 3.98. The molecule has 0 saturated heterocycles. The van der Waals surface area contributed by atoms with Gasteiger partial charge in [0.25, 0.3) is 5.69 Å². The van der Waals surface area contributed by atoms with Crippen LogP contribution in [-0.2, 0) is 0 Å². The van der Waals surface area contributed by atoms with Crippen LogP contribution >= 0.6 is 33.9 Å². The number of nitrogens with one attached hydrogen (secondary N) is 1. The third-order valence-electron chi connectivity index (χ3n) is 2.54. The zero-order valence-corrected chi connectivity index (χ0v) is 13.4. The van der Waals surface area contributed by atoms with E-state index >= 15 is 0 Å². The van der Waals surface area contributed by atoms with Gasteiger partial charge in [0.05, 0.1) is 11.0 Å². The van der Waals surface area contributed by atoms with E-state index < -0.39 is 0 Å². The molecular formula is C12H12IN3O2S. The Bertz CT molecular complexity index is 615. The quantitative estimate of drug-likeness (QED) is 0.485. The molecule has 0 aliphatic heterocycles. The van der Waals surface area contributed by atoms with Gasteiger partial charge in [-0.15, -0.1) is 11.3 Å². The minimum atomic E-state index is -0.389. The van der Waals surface area contributed by atoms with Gasteiger partial charge in [-0.3, -0.25) is 10.1 Å². The molecule has 5 nitrogen and oxygen atoms in total. The summed E-state index contributed by atoms with van der Waals surface area (Å²) in [5.74, 6) is 0. The second-order valence-corrected chi connectivity index (χ2v) is 6.17. The zero-order chi connectivity index (χ0) is 14.0. The SMILES string of the molecule is Cc1csc(C(C)Nc2ccc([N+](=O)[O-])cc2I)n1. The summed E-state index contributed by atoms with van der Waals surface area (Å²) in [6, 6.07) is 4.87. The standard InChI is InChI=1S/C12H12IN3O2S/c1-7-6-19-12(14-7)8(2)15-11-4-3-9(16(17)18)5-10(11)13/h3-6,8,15H,1-2H3. The molecule has 0 fully saturated rings. The second kappa shape index (κ2) is 5.83. The van der Waals surface area contributed by atoms with E-state index in [1.807, 2.05) is 19.2 Å². The van der Waals surface area contributed by atoms with Crippen LogP contribution in [0.4, 0.5) is 11.4 Å². The van der Waals surface area contributed by atoms with Gasteiger partial charge in [0.15, 0.2) is 0 Å². The van der Waals surface area contributed by atoms with Crippen LogP contribution in [0.5, 0.6) is 0 Å². The molecule has 0 amide bonds. The smallest absolute Gasteiger partial charge is 0.270 e. The van der Waals surface area contributed by atoms with Crippen LogP contribution in [0.1, 0.15) is 23.7 Å². The van der Waals surface area contributed by atoms with Crippen LogP contribution in [0.15, 0.2) is 23.6 Å². The maximum absolute atomic E-state index is 10.7. The number of halogens is 1. The van der Waals surface area contributed by atoms with Crippen molar-refractivity contribution in [1.29, 1.82) is 0 Å². The molecule has 1 atom stereocenters. The van der Waals surface area contributed by atoms with E-state index in [2.05, 4.69) is 32.9 Å². The second-order valence-electron chi connectivity index (χ2n) is 4.11. The van der Waals surface area contributed by atoms with E-state index in [0.717, 1.165) is 20.0 Å². The van der Waals surface area contributed by atoms with Gasteiger partial charge in [-0.1, -0.05) is 0 Å². The Morgan fingerprint density at radius 1 is 1.53 bits per heavy atom. The lowest BCUT2D eigenvalue weighted by molar-refractivity contribution is -0.384. The number of nitro benzene ring substituents is 1. The number of nitrogens with zero attached hydrogens (tertiary/aromatic N) is 2. The van der Waals surface area contributed by atoms with Crippen LogP contribution in [0.3, 0.4) is 0 Å². The van der Waals surface area contributed by atoms with E-state index in [1.54, 1.807) is 23.5 Å². The van der Waals surface area contributed by atoms with Gasteiger partial charge >= 0.3 is 0 Å². The molecule has 0 saturated carbocycles. The molecule has 0 bridgehead atoms. The molecule has 100 valence electrons. The molecule has 1 aromatic carbocycles. The van der Waals surface area contributed by atoms with Gasteiger partial charge in [0.2, 0.25) is 0 Å². The topological polar surface area (TPSA) is 68.1 Å². The van der Waals surface area contributed by atoms with E-state index in [-0.39, 0.29) is 16.7 Å². The third-order valence-corrected chi connectivity index (χ3v) is 4.58. The summed E-state index contributed by atoms with van der Waals surface area (Å²) >= 11 is 3.70. The maximum atomic E-state index is 10.7. The average Bonchev–Trinajstić information content (AvgIpc) is 2.78. The maximum Gasteiger partial charge on any atom is 0.270 e. The Kier molecular flexibility index (Phi) is 4.35. The van der Waals surface area contributed by atoms with Crippen LogP contribution < -0.4 is 5.32 Å². The average molecular weight is 389 g/mol. The molecule has 0 radical (unpaired) electrons. The Labute approximate surface area is 128 Å². The van der Waals surface area contributed by atoms with Crippen molar-refractivity contribution < 1.29 is 4.92 Å². The molecule has 0 spiro atoms. The molecular weight excluding hydrogens is 377 g/mol.